The molecule has 0 heterocycles. The lowest BCUT2D eigenvalue weighted by Gasteiger charge is -2.09. The first-order valence-electron chi connectivity index (χ1n) is 6.06. The first-order chi connectivity index (χ1) is 10.0. The van der Waals surface area contributed by atoms with Gasteiger partial charge >= 0.3 is 5.97 Å². The highest BCUT2D eigenvalue weighted by Crippen LogP contribution is 2.24. The molecule has 2 rings (SSSR count). The molecule has 6 heteroatoms. The molecule has 0 aromatic heterocycles. The van der Waals surface area contributed by atoms with Crippen LogP contribution in [0, 0.1) is 0 Å². The lowest BCUT2D eigenvalue weighted by atomic mass is 10.2. The Kier molecular flexibility index (Phi) is 4.98. The van der Waals surface area contributed by atoms with Crippen LogP contribution in [-0.4, -0.2) is 22.4 Å². The number of para-hydroxylation sites is 1. The van der Waals surface area contributed by atoms with Crippen LogP contribution >= 0.6 is 11.6 Å². The largest absolute Gasteiger partial charge is 0.496 e. The van der Waals surface area contributed by atoms with E-state index in [1.165, 1.54) is 12.1 Å². The van der Waals surface area contributed by atoms with Crippen LogP contribution in [0.15, 0.2) is 47.4 Å². The van der Waals surface area contributed by atoms with E-state index in [-0.39, 0.29) is 16.3 Å². The van der Waals surface area contributed by atoms with Crippen LogP contribution in [0.4, 0.5) is 0 Å². The number of aromatic carboxylic acids is 1. The van der Waals surface area contributed by atoms with Crippen molar-refractivity contribution in [3.05, 3.63) is 58.6 Å². The number of carboxylic acids is 1. The number of ether oxygens (including phenoxy) is 1. The minimum Gasteiger partial charge on any atom is -0.496 e. The topological polar surface area (TPSA) is 63.6 Å². The molecule has 1 atom stereocenters. The predicted octanol–water partition coefficient (Wildman–Crippen LogP) is 3.35. The van der Waals surface area contributed by atoms with Gasteiger partial charge in [0.25, 0.3) is 0 Å². The normalized spacial score (nSPS) is 11.9. The van der Waals surface area contributed by atoms with E-state index in [0.29, 0.717) is 10.6 Å². The summed E-state index contributed by atoms with van der Waals surface area (Å²) in [7, 11) is 0.165. The van der Waals surface area contributed by atoms with Crippen molar-refractivity contribution < 1.29 is 18.8 Å². The van der Waals surface area contributed by atoms with Gasteiger partial charge in [0.2, 0.25) is 0 Å². The van der Waals surface area contributed by atoms with Crippen molar-refractivity contribution in [3.63, 3.8) is 0 Å². The molecule has 21 heavy (non-hydrogen) atoms. The van der Waals surface area contributed by atoms with Crippen LogP contribution in [0.1, 0.15) is 15.9 Å². The van der Waals surface area contributed by atoms with Gasteiger partial charge in [-0.3, -0.25) is 4.21 Å². The summed E-state index contributed by atoms with van der Waals surface area (Å²) in [4.78, 5) is 11.5. The van der Waals surface area contributed by atoms with Crippen LogP contribution in [-0.2, 0) is 16.6 Å². The Hall–Kier alpha value is -1.85. The summed E-state index contributed by atoms with van der Waals surface area (Å²) in [6, 6.07) is 11.6. The van der Waals surface area contributed by atoms with Crippen molar-refractivity contribution in [2.75, 3.05) is 7.11 Å². The molecule has 1 unspecified atom stereocenters. The lowest BCUT2D eigenvalue weighted by molar-refractivity contribution is 0.0697. The third kappa shape index (κ3) is 3.62. The van der Waals surface area contributed by atoms with Gasteiger partial charge in [0.15, 0.2) is 0 Å². The molecule has 2 aromatic rings. The molecule has 0 saturated carbocycles. The van der Waals surface area contributed by atoms with Gasteiger partial charge in [-0.1, -0.05) is 29.8 Å². The van der Waals surface area contributed by atoms with Crippen molar-refractivity contribution in [1.82, 2.24) is 0 Å². The van der Waals surface area contributed by atoms with Gasteiger partial charge in [0, 0.05) is 10.5 Å². The van der Waals surface area contributed by atoms with Gasteiger partial charge in [-0.15, -0.1) is 0 Å². The molecule has 110 valence electrons. The molecule has 0 spiro atoms. The zero-order chi connectivity index (χ0) is 15.4. The summed E-state index contributed by atoms with van der Waals surface area (Å²) in [5, 5.41) is 9.17. The molecule has 4 nitrogen and oxygen atoms in total. The first-order valence-corrected chi connectivity index (χ1v) is 7.75. The summed E-state index contributed by atoms with van der Waals surface area (Å²) < 4.78 is 17.6. The van der Waals surface area contributed by atoms with E-state index in [9.17, 15) is 9.00 Å². The number of carboxylic acid groups (broad SMARTS) is 1. The maximum absolute atomic E-state index is 12.4. The molecule has 0 amide bonds. The van der Waals surface area contributed by atoms with Gasteiger partial charge in [-0.05, 0) is 24.3 Å². The Morgan fingerprint density at radius 3 is 2.67 bits per heavy atom. The van der Waals surface area contributed by atoms with E-state index in [0.717, 1.165) is 5.56 Å². The fraction of sp³-hybridized carbons (Fsp3) is 0.133. The third-order valence-corrected chi connectivity index (χ3v) is 4.59. The molecule has 0 aliphatic heterocycles. The zero-order valence-electron chi connectivity index (χ0n) is 11.2. The number of hydrogen-bond donors (Lipinski definition) is 1. The van der Waals surface area contributed by atoms with E-state index in [2.05, 4.69) is 0 Å². The second-order valence-electron chi connectivity index (χ2n) is 4.25. The monoisotopic (exact) mass is 324 g/mol. The van der Waals surface area contributed by atoms with Gasteiger partial charge < -0.3 is 9.84 Å². The summed E-state index contributed by atoms with van der Waals surface area (Å²) in [5.74, 6) is -0.251. The average molecular weight is 325 g/mol. The lowest BCUT2D eigenvalue weighted by Crippen LogP contribution is -2.02. The highest BCUT2D eigenvalue weighted by atomic mass is 35.5. The summed E-state index contributed by atoms with van der Waals surface area (Å²) in [5.41, 5.74) is 0.743. The van der Waals surface area contributed by atoms with E-state index in [1.54, 1.807) is 19.2 Å². The number of rotatable bonds is 5. The van der Waals surface area contributed by atoms with E-state index < -0.39 is 16.8 Å². The Balaban J connectivity index is 2.29. The van der Waals surface area contributed by atoms with Crippen molar-refractivity contribution in [2.24, 2.45) is 0 Å². The molecule has 0 saturated heterocycles. The highest BCUT2D eigenvalue weighted by molar-refractivity contribution is 7.84. The SMILES string of the molecule is COc1ccccc1CS(=O)c1ccc(Cl)c(C(=O)O)c1. The molecule has 0 radical (unpaired) electrons. The van der Waals surface area contributed by atoms with Crippen LogP contribution < -0.4 is 4.74 Å². The van der Waals surface area contributed by atoms with Crippen molar-refractivity contribution in [2.45, 2.75) is 10.6 Å². The molecular weight excluding hydrogens is 312 g/mol. The molecule has 0 aliphatic rings. The Morgan fingerprint density at radius 2 is 2.00 bits per heavy atom. The fourth-order valence-corrected chi connectivity index (χ4v) is 3.21. The van der Waals surface area contributed by atoms with Crippen LogP contribution in [0.3, 0.4) is 0 Å². The minimum absolute atomic E-state index is 0.0532. The molecule has 0 fully saturated rings. The van der Waals surface area contributed by atoms with Crippen molar-refractivity contribution in [1.29, 1.82) is 0 Å². The maximum atomic E-state index is 12.4. The molecule has 0 bridgehead atoms. The number of methoxy groups -OCH3 is 1. The van der Waals surface area contributed by atoms with E-state index in [4.69, 9.17) is 21.4 Å². The number of halogens is 1. The summed E-state index contributed by atoms with van der Waals surface area (Å²) >= 11 is 5.80. The molecule has 2 aromatic carbocycles. The second-order valence-corrected chi connectivity index (χ2v) is 6.11. The average Bonchev–Trinajstić information content (AvgIpc) is 2.47. The second kappa shape index (κ2) is 6.74. The Morgan fingerprint density at radius 1 is 1.29 bits per heavy atom. The van der Waals surface area contributed by atoms with Crippen LogP contribution in [0.2, 0.25) is 5.02 Å². The minimum atomic E-state index is -1.38. The zero-order valence-corrected chi connectivity index (χ0v) is 12.8. The summed E-state index contributed by atoms with van der Waals surface area (Å²) in [6.07, 6.45) is 0. The van der Waals surface area contributed by atoms with Crippen LogP contribution in [0.25, 0.3) is 0 Å². The van der Waals surface area contributed by atoms with Gasteiger partial charge in [-0.25, -0.2) is 4.79 Å². The number of hydrogen-bond acceptors (Lipinski definition) is 3. The van der Waals surface area contributed by atoms with Crippen molar-refractivity contribution >= 4 is 28.4 Å². The first kappa shape index (κ1) is 15.5. The molecule has 1 N–H and O–H groups in total. The fourth-order valence-electron chi connectivity index (χ4n) is 1.86. The van der Waals surface area contributed by atoms with E-state index >= 15 is 0 Å². The maximum Gasteiger partial charge on any atom is 0.337 e. The van der Waals surface area contributed by atoms with Crippen molar-refractivity contribution in [3.8, 4) is 5.75 Å². The number of carbonyl (C=O) groups is 1. The highest BCUT2D eigenvalue weighted by Gasteiger charge is 2.14. The van der Waals surface area contributed by atoms with Gasteiger partial charge in [0.05, 0.1) is 34.2 Å². The Bertz CT molecular complexity index is 700. The smallest absolute Gasteiger partial charge is 0.337 e. The third-order valence-electron chi connectivity index (χ3n) is 2.91. The molecular formula is C15H13ClO4S. The quantitative estimate of drug-likeness (QED) is 0.916. The van der Waals surface area contributed by atoms with Crippen LogP contribution in [0.5, 0.6) is 5.75 Å². The van der Waals surface area contributed by atoms with Gasteiger partial charge in [-0.2, -0.15) is 0 Å². The van der Waals surface area contributed by atoms with Gasteiger partial charge in [0.1, 0.15) is 5.75 Å². The summed E-state index contributed by atoms with van der Waals surface area (Å²) in [6.45, 7) is 0. The Labute approximate surface area is 129 Å². The van der Waals surface area contributed by atoms with E-state index in [1.807, 2.05) is 18.2 Å². The standard InChI is InChI=1S/C15H13ClO4S/c1-20-14-5-3-2-4-10(14)9-21(19)11-6-7-13(16)12(8-11)15(17)18/h2-8H,9H2,1H3,(H,17,18). The number of benzene rings is 2. The molecule has 0 aliphatic carbocycles. The predicted molar refractivity (Wildman–Crippen MR) is 81.5 cm³/mol.